The molecule has 0 radical (unpaired) electrons. The number of nitrogens with zero attached hydrogens (tertiary/aromatic N) is 1. The molecule has 0 bridgehead atoms. The van der Waals surface area contributed by atoms with Crippen molar-refractivity contribution in [2.75, 3.05) is 18.8 Å². The Balaban J connectivity index is 1.79. The fourth-order valence-electron chi connectivity index (χ4n) is 4.11. The predicted octanol–water partition coefficient (Wildman–Crippen LogP) is 1.10. The number of nitrogens with one attached hydrogen (secondary N) is 1. The molecule has 0 aromatic rings. The standard InChI is InChI=1S/C17H26N2O5S/c1-3-25(22,23)19-10-8-17(9-11-19)14(12(2)16(21)24-17)15(20)18-13-6-4-5-7-13/h13H,3-11H2,1-2H3,(H,18,20). The minimum absolute atomic E-state index is 0.0453. The lowest BCUT2D eigenvalue weighted by Gasteiger charge is -2.38. The van der Waals surface area contributed by atoms with Gasteiger partial charge in [0.1, 0.15) is 5.60 Å². The Bertz CT molecular complexity index is 699. The Morgan fingerprint density at radius 3 is 2.44 bits per heavy atom. The van der Waals surface area contributed by atoms with Crippen molar-refractivity contribution >= 4 is 21.9 Å². The number of sulfonamides is 1. The monoisotopic (exact) mass is 370 g/mol. The molecule has 25 heavy (non-hydrogen) atoms. The van der Waals surface area contributed by atoms with Crippen LogP contribution in [0.5, 0.6) is 0 Å². The van der Waals surface area contributed by atoms with Gasteiger partial charge in [-0.2, -0.15) is 0 Å². The molecule has 3 aliphatic rings. The number of amides is 1. The molecule has 1 saturated heterocycles. The predicted molar refractivity (Wildman–Crippen MR) is 92.2 cm³/mol. The van der Waals surface area contributed by atoms with Crippen LogP contribution in [-0.2, 0) is 24.3 Å². The lowest BCUT2D eigenvalue weighted by molar-refractivity contribution is -0.150. The van der Waals surface area contributed by atoms with Gasteiger partial charge in [0, 0.05) is 37.5 Å². The maximum atomic E-state index is 12.8. The third-order valence-corrected chi connectivity index (χ3v) is 7.51. The fourth-order valence-corrected chi connectivity index (χ4v) is 5.22. The van der Waals surface area contributed by atoms with Crippen molar-refractivity contribution in [1.82, 2.24) is 9.62 Å². The first-order chi connectivity index (χ1) is 11.8. The van der Waals surface area contributed by atoms with E-state index in [4.69, 9.17) is 4.74 Å². The fraction of sp³-hybridized carbons (Fsp3) is 0.765. The molecule has 1 aliphatic carbocycles. The Hall–Kier alpha value is -1.41. The van der Waals surface area contributed by atoms with Gasteiger partial charge >= 0.3 is 5.97 Å². The van der Waals surface area contributed by atoms with Gasteiger partial charge in [0.2, 0.25) is 10.0 Å². The Morgan fingerprint density at radius 1 is 1.28 bits per heavy atom. The van der Waals surface area contributed by atoms with Gasteiger partial charge in [-0.05, 0) is 26.7 Å². The van der Waals surface area contributed by atoms with E-state index in [-0.39, 0.29) is 30.8 Å². The maximum Gasteiger partial charge on any atom is 0.335 e. The molecule has 0 unspecified atom stereocenters. The van der Waals surface area contributed by atoms with Gasteiger partial charge in [-0.3, -0.25) is 4.79 Å². The summed E-state index contributed by atoms with van der Waals surface area (Å²) in [7, 11) is -3.27. The summed E-state index contributed by atoms with van der Waals surface area (Å²) in [6.45, 7) is 3.75. The lowest BCUT2D eigenvalue weighted by atomic mass is 9.83. The van der Waals surface area contributed by atoms with E-state index in [1.807, 2.05) is 0 Å². The van der Waals surface area contributed by atoms with Crippen molar-refractivity contribution in [3.63, 3.8) is 0 Å². The van der Waals surface area contributed by atoms with E-state index in [2.05, 4.69) is 5.32 Å². The van der Waals surface area contributed by atoms with E-state index < -0.39 is 21.6 Å². The number of piperidine rings is 1. The SMILES string of the molecule is CCS(=O)(=O)N1CCC2(CC1)OC(=O)C(C)=C2C(=O)NC1CCCC1. The first-order valence-corrected chi connectivity index (χ1v) is 10.6. The molecule has 8 heteroatoms. The molecule has 7 nitrogen and oxygen atoms in total. The minimum atomic E-state index is -3.27. The van der Waals surface area contributed by atoms with Gasteiger partial charge in [-0.15, -0.1) is 0 Å². The molecule has 2 heterocycles. The highest BCUT2D eigenvalue weighted by Gasteiger charge is 2.51. The van der Waals surface area contributed by atoms with Crippen LogP contribution < -0.4 is 5.32 Å². The molecule has 1 spiro atoms. The highest BCUT2D eigenvalue weighted by atomic mass is 32.2. The molecule has 0 atom stereocenters. The van der Waals surface area contributed by atoms with Gasteiger partial charge in [-0.25, -0.2) is 17.5 Å². The molecule has 1 N–H and O–H groups in total. The third-order valence-electron chi connectivity index (χ3n) is 5.63. The molecular weight excluding hydrogens is 344 g/mol. The Labute approximate surface area is 148 Å². The van der Waals surface area contributed by atoms with Crippen molar-refractivity contribution in [1.29, 1.82) is 0 Å². The molecule has 140 valence electrons. The van der Waals surface area contributed by atoms with Gasteiger partial charge < -0.3 is 10.1 Å². The molecule has 2 fully saturated rings. The van der Waals surface area contributed by atoms with Crippen molar-refractivity contribution in [3.05, 3.63) is 11.1 Å². The summed E-state index contributed by atoms with van der Waals surface area (Å²) < 4.78 is 31.1. The smallest absolute Gasteiger partial charge is 0.335 e. The third kappa shape index (κ3) is 3.33. The van der Waals surface area contributed by atoms with E-state index in [1.54, 1.807) is 13.8 Å². The van der Waals surface area contributed by atoms with Crippen LogP contribution in [0.1, 0.15) is 52.4 Å². The van der Waals surface area contributed by atoms with Crippen LogP contribution in [0.15, 0.2) is 11.1 Å². The van der Waals surface area contributed by atoms with Crippen LogP contribution in [0.25, 0.3) is 0 Å². The van der Waals surface area contributed by atoms with E-state index in [1.165, 1.54) is 4.31 Å². The normalized spacial score (nSPS) is 24.8. The van der Waals surface area contributed by atoms with E-state index >= 15 is 0 Å². The topological polar surface area (TPSA) is 92.8 Å². The molecule has 3 rings (SSSR count). The summed E-state index contributed by atoms with van der Waals surface area (Å²) in [6.07, 6.45) is 4.77. The molecular formula is C17H26N2O5S. The molecule has 1 saturated carbocycles. The number of carbonyl (C=O) groups is 2. The highest BCUT2D eigenvalue weighted by Crippen LogP contribution is 2.41. The van der Waals surface area contributed by atoms with Crippen molar-refractivity contribution < 1.29 is 22.7 Å². The number of hydrogen-bond acceptors (Lipinski definition) is 5. The average Bonchev–Trinajstić information content (AvgIpc) is 3.15. The minimum Gasteiger partial charge on any atom is -0.450 e. The van der Waals surface area contributed by atoms with Crippen LogP contribution in [0.3, 0.4) is 0 Å². The Morgan fingerprint density at radius 2 is 1.88 bits per heavy atom. The van der Waals surface area contributed by atoms with Gasteiger partial charge in [0.15, 0.2) is 0 Å². The summed E-state index contributed by atoms with van der Waals surface area (Å²) in [5.41, 5.74) is -0.232. The summed E-state index contributed by atoms with van der Waals surface area (Å²) in [4.78, 5) is 25.0. The molecule has 2 aliphatic heterocycles. The summed E-state index contributed by atoms with van der Waals surface area (Å²) in [6, 6.07) is 0.154. The summed E-state index contributed by atoms with van der Waals surface area (Å²) in [5.74, 6) is -0.658. The van der Waals surface area contributed by atoms with Gasteiger partial charge in [-0.1, -0.05) is 12.8 Å². The van der Waals surface area contributed by atoms with Crippen LogP contribution in [0, 0.1) is 0 Å². The zero-order chi connectivity index (χ0) is 18.2. The van der Waals surface area contributed by atoms with E-state index in [9.17, 15) is 18.0 Å². The number of carbonyl (C=O) groups excluding carboxylic acids is 2. The quantitative estimate of drug-likeness (QED) is 0.748. The average molecular weight is 370 g/mol. The van der Waals surface area contributed by atoms with Crippen molar-refractivity contribution in [2.45, 2.75) is 64.0 Å². The van der Waals surface area contributed by atoms with E-state index in [0.717, 1.165) is 25.7 Å². The second-order valence-electron chi connectivity index (χ2n) is 7.14. The number of rotatable bonds is 4. The first kappa shape index (κ1) is 18.4. The largest absolute Gasteiger partial charge is 0.450 e. The molecule has 0 aromatic carbocycles. The zero-order valence-electron chi connectivity index (χ0n) is 14.8. The van der Waals surface area contributed by atoms with E-state index in [0.29, 0.717) is 24.0 Å². The first-order valence-electron chi connectivity index (χ1n) is 9.02. The van der Waals surface area contributed by atoms with Crippen molar-refractivity contribution in [3.8, 4) is 0 Å². The summed E-state index contributed by atoms with van der Waals surface area (Å²) >= 11 is 0. The zero-order valence-corrected chi connectivity index (χ0v) is 15.7. The summed E-state index contributed by atoms with van der Waals surface area (Å²) in [5, 5.41) is 3.04. The molecule has 1 amide bonds. The number of ether oxygens (including phenoxy) is 1. The van der Waals surface area contributed by atoms with Crippen LogP contribution in [0.4, 0.5) is 0 Å². The lowest BCUT2D eigenvalue weighted by Crippen LogP contribution is -2.51. The van der Waals surface area contributed by atoms with Crippen LogP contribution in [0.2, 0.25) is 0 Å². The van der Waals surface area contributed by atoms with Crippen molar-refractivity contribution in [2.24, 2.45) is 0 Å². The number of hydrogen-bond donors (Lipinski definition) is 1. The second-order valence-corrected chi connectivity index (χ2v) is 9.40. The van der Waals surface area contributed by atoms with Gasteiger partial charge in [0.25, 0.3) is 5.91 Å². The molecule has 0 aromatic heterocycles. The highest BCUT2D eigenvalue weighted by molar-refractivity contribution is 7.89. The Kier molecular flexibility index (Phi) is 4.94. The maximum absolute atomic E-state index is 12.8. The van der Waals surface area contributed by atoms with Gasteiger partial charge in [0.05, 0.1) is 11.3 Å². The second kappa shape index (κ2) is 6.72. The van der Waals surface area contributed by atoms with Crippen LogP contribution in [-0.4, -0.2) is 55.1 Å². The van der Waals surface area contributed by atoms with Crippen LogP contribution >= 0.6 is 0 Å². The number of esters is 1.